The first-order valence-electron chi connectivity index (χ1n) is 4.39. The summed E-state index contributed by atoms with van der Waals surface area (Å²) < 4.78 is 0.870. The van der Waals surface area contributed by atoms with Crippen molar-refractivity contribution in [2.75, 3.05) is 5.32 Å². The van der Waals surface area contributed by atoms with Crippen LogP contribution < -0.4 is 5.32 Å². The average Bonchev–Trinajstić information content (AvgIpc) is 2.74. The summed E-state index contributed by atoms with van der Waals surface area (Å²) in [5.41, 5.74) is 0. The van der Waals surface area contributed by atoms with Crippen molar-refractivity contribution in [1.82, 2.24) is 15.0 Å². The van der Waals surface area contributed by atoms with Crippen molar-refractivity contribution in [3.05, 3.63) is 33.5 Å². The van der Waals surface area contributed by atoms with Crippen LogP contribution in [0.3, 0.4) is 0 Å². The standard InChI is InChI=1S/C9H9BrN4S/c1-6(8-11-2-3-15-8)14-9-12-4-7(10)5-13-9/h2-6H,1H3,(H,12,13,14). The van der Waals surface area contributed by atoms with E-state index in [0.717, 1.165) is 9.48 Å². The molecule has 2 aromatic heterocycles. The number of hydrogen-bond donors (Lipinski definition) is 1. The Morgan fingerprint density at radius 3 is 2.67 bits per heavy atom. The predicted molar refractivity (Wildman–Crippen MR) is 63.9 cm³/mol. The maximum Gasteiger partial charge on any atom is 0.223 e. The molecule has 0 amide bonds. The monoisotopic (exact) mass is 284 g/mol. The molecule has 4 nitrogen and oxygen atoms in total. The maximum atomic E-state index is 4.22. The van der Waals surface area contributed by atoms with E-state index in [0.29, 0.717) is 5.95 Å². The Balaban J connectivity index is 2.06. The zero-order valence-electron chi connectivity index (χ0n) is 8.01. The third kappa shape index (κ3) is 2.73. The molecule has 15 heavy (non-hydrogen) atoms. The van der Waals surface area contributed by atoms with Crippen molar-refractivity contribution in [3.8, 4) is 0 Å². The molecule has 0 aliphatic carbocycles. The first kappa shape index (κ1) is 10.5. The van der Waals surface area contributed by atoms with Crippen LogP contribution in [-0.2, 0) is 0 Å². The fourth-order valence-electron chi connectivity index (χ4n) is 1.09. The Morgan fingerprint density at radius 2 is 2.07 bits per heavy atom. The fourth-order valence-corrected chi connectivity index (χ4v) is 1.94. The van der Waals surface area contributed by atoms with Crippen molar-refractivity contribution in [2.24, 2.45) is 0 Å². The number of nitrogens with one attached hydrogen (secondary N) is 1. The lowest BCUT2D eigenvalue weighted by Gasteiger charge is -2.10. The van der Waals surface area contributed by atoms with Gasteiger partial charge in [0.1, 0.15) is 5.01 Å². The summed E-state index contributed by atoms with van der Waals surface area (Å²) in [6.07, 6.45) is 5.22. The van der Waals surface area contributed by atoms with Crippen molar-refractivity contribution in [1.29, 1.82) is 0 Å². The smallest absolute Gasteiger partial charge is 0.223 e. The lowest BCUT2D eigenvalue weighted by atomic mass is 10.4. The zero-order valence-corrected chi connectivity index (χ0v) is 10.4. The molecule has 0 fully saturated rings. The number of hydrogen-bond acceptors (Lipinski definition) is 5. The number of thiazole rings is 1. The highest BCUT2D eigenvalue weighted by Crippen LogP contribution is 2.18. The summed E-state index contributed by atoms with van der Waals surface area (Å²) in [4.78, 5) is 12.5. The second kappa shape index (κ2) is 4.67. The molecule has 0 spiro atoms. The number of rotatable bonds is 3. The molecule has 6 heteroatoms. The molecule has 0 aliphatic rings. The van der Waals surface area contributed by atoms with Crippen molar-refractivity contribution in [2.45, 2.75) is 13.0 Å². The third-order valence-electron chi connectivity index (χ3n) is 1.79. The Kier molecular flexibility index (Phi) is 3.27. The van der Waals surface area contributed by atoms with Gasteiger partial charge in [-0.15, -0.1) is 11.3 Å². The van der Waals surface area contributed by atoms with Gasteiger partial charge in [-0.05, 0) is 22.9 Å². The number of nitrogens with zero attached hydrogens (tertiary/aromatic N) is 3. The Bertz CT molecular complexity index is 414. The molecular weight excluding hydrogens is 276 g/mol. The highest BCUT2D eigenvalue weighted by atomic mass is 79.9. The van der Waals surface area contributed by atoms with Crippen LogP contribution in [0.25, 0.3) is 0 Å². The van der Waals surface area contributed by atoms with E-state index < -0.39 is 0 Å². The van der Waals surface area contributed by atoms with Crippen LogP contribution in [0.15, 0.2) is 28.4 Å². The molecular formula is C9H9BrN4S. The van der Waals surface area contributed by atoms with Gasteiger partial charge in [-0.1, -0.05) is 0 Å². The van der Waals surface area contributed by atoms with E-state index in [2.05, 4.69) is 36.2 Å². The molecule has 0 aromatic carbocycles. The van der Waals surface area contributed by atoms with Gasteiger partial charge in [0.05, 0.1) is 10.5 Å². The summed E-state index contributed by atoms with van der Waals surface area (Å²) in [6.45, 7) is 2.03. The van der Waals surface area contributed by atoms with Gasteiger partial charge < -0.3 is 5.32 Å². The van der Waals surface area contributed by atoms with Gasteiger partial charge in [0.15, 0.2) is 0 Å². The summed E-state index contributed by atoms with van der Waals surface area (Å²) in [6, 6.07) is 0.131. The molecule has 0 saturated heterocycles. The number of anilines is 1. The van der Waals surface area contributed by atoms with Crippen LogP contribution >= 0.6 is 27.3 Å². The van der Waals surface area contributed by atoms with E-state index in [1.807, 2.05) is 12.3 Å². The Labute approximate surface area is 99.9 Å². The predicted octanol–water partition coefficient (Wildman–Crippen LogP) is 2.87. The molecule has 0 bridgehead atoms. The van der Waals surface area contributed by atoms with Gasteiger partial charge in [0.2, 0.25) is 5.95 Å². The highest BCUT2D eigenvalue weighted by Gasteiger charge is 2.08. The number of halogens is 1. The molecule has 1 atom stereocenters. The Morgan fingerprint density at radius 1 is 1.33 bits per heavy atom. The molecule has 1 unspecified atom stereocenters. The molecule has 2 aromatic rings. The molecule has 2 heterocycles. The summed E-state index contributed by atoms with van der Waals surface area (Å²) in [7, 11) is 0. The Hall–Kier alpha value is -1.01. The maximum absolute atomic E-state index is 4.22. The molecule has 0 aliphatic heterocycles. The topological polar surface area (TPSA) is 50.7 Å². The van der Waals surface area contributed by atoms with Gasteiger partial charge in [0.25, 0.3) is 0 Å². The van der Waals surface area contributed by atoms with Crippen LogP contribution in [0.2, 0.25) is 0 Å². The van der Waals surface area contributed by atoms with Gasteiger partial charge in [-0.2, -0.15) is 0 Å². The second-order valence-corrected chi connectivity index (χ2v) is 4.80. The minimum absolute atomic E-state index is 0.131. The lowest BCUT2D eigenvalue weighted by molar-refractivity contribution is 0.847. The zero-order chi connectivity index (χ0) is 10.7. The average molecular weight is 285 g/mol. The molecule has 2 rings (SSSR count). The number of aromatic nitrogens is 3. The largest absolute Gasteiger partial charge is 0.345 e. The van der Waals surface area contributed by atoms with Gasteiger partial charge in [-0.25, -0.2) is 15.0 Å². The lowest BCUT2D eigenvalue weighted by Crippen LogP contribution is -2.08. The van der Waals surface area contributed by atoms with E-state index >= 15 is 0 Å². The SMILES string of the molecule is CC(Nc1ncc(Br)cn1)c1nccs1. The molecule has 0 radical (unpaired) electrons. The summed E-state index contributed by atoms with van der Waals surface area (Å²) in [5, 5.41) is 6.16. The third-order valence-corrected chi connectivity index (χ3v) is 3.16. The van der Waals surface area contributed by atoms with Crippen molar-refractivity contribution in [3.63, 3.8) is 0 Å². The van der Waals surface area contributed by atoms with E-state index in [-0.39, 0.29) is 6.04 Å². The molecule has 78 valence electrons. The van der Waals surface area contributed by atoms with E-state index in [9.17, 15) is 0 Å². The van der Waals surface area contributed by atoms with Crippen LogP contribution in [0.4, 0.5) is 5.95 Å². The quantitative estimate of drug-likeness (QED) is 0.942. The summed E-state index contributed by atoms with van der Waals surface area (Å²) >= 11 is 4.90. The van der Waals surface area contributed by atoms with E-state index in [1.54, 1.807) is 29.9 Å². The first-order valence-corrected chi connectivity index (χ1v) is 6.06. The van der Waals surface area contributed by atoms with Crippen LogP contribution in [0.1, 0.15) is 18.0 Å². The highest BCUT2D eigenvalue weighted by molar-refractivity contribution is 9.10. The van der Waals surface area contributed by atoms with Crippen LogP contribution in [0, 0.1) is 0 Å². The summed E-state index contributed by atoms with van der Waals surface area (Å²) in [5.74, 6) is 0.612. The van der Waals surface area contributed by atoms with E-state index in [4.69, 9.17) is 0 Å². The van der Waals surface area contributed by atoms with Crippen molar-refractivity contribution < 1.29 is 0 Å². The normalized spacial score (nSPS) is 12.4. The van der Waals surface area contributed by atoms with E-state index in [1.165, 1.54) is 0 Å². The molecule has 0 saturated carbocycles. The minimum Gasteiger partial charge on any atom is -0.345 e. The van der Waals surface area contributed by atoms with Gasteiger partial charge >= 0.3 is 0 Å². The van der Waals surface area contributed by atoms with Crippen molar-refractivity contribution >= 4 is 33.2 Å². The van der Waals surface area contributed by atoms with Gasteiger partial charge in [-0.3, -0.25) is 0 Å². The fraction of sp³-hybridized carbons (Fsp3) is 0.222. The van der Waals surface area contributed by atoms with Crippen LogP contribution in [0.5, 0.6) is 0 Å². The van der Waals surface area contributed by atoms with Gasteiger partial charge in [0, 0.05) is 24.0 Å². The molecule has 1 N–H and O–H groups in total. The van der Waals surface area contributed by atoms with Crippen LogP contribution in [-0.4, -0.2) is 15.0 Å². The minimum atomic E-state index is 0.131. The first-order chi connectivity index (χ1) is 7.25. The second-order valence-electron chi connectivity index (χ2n) is 2.96.